The minimum Gasteiger partial charge on any atom is -0.760 e. The Bertz CT molecular complexity index is 48.2. The van der Waals surface area contributed by atoms with E-state index in [0.717, 1.165) is 0 Å². The van der Waals surface area contributed by atoms with Crippen molar-refractivity contribution in [2.45, 2.75) is 13.8 Å². The summed E-state index contributed by atoms with van der Waals surface area (Å²) in [4.78, 5) is 0. The molecule has 0 bridgehead atoms. The summed E-state index contributed by atoms with van der Waals surface area (Å²) in [5, 5.41) is 0. The van der Waals surface area contributed by atoms with E-state index >= 15 is 0 Å². The lowest BCUT2D eigenvalue weighted by Crippen LogP contribution is -2.07. The molecule has 7 heavy (non-hydrogen) atoms. The van der Waals surface area contributed by atoms with Crippen molar-refractivity contribution in [3.05, 3.63) is 0 Å². The molecule has 0 radical (unpaired) electrons. The molecule has 0 amide bonds. The molecule has 0 spiro atoms. The van der Waals surface area contributed by atoms with Gasteiger partial charge in [0.1, 0.15) is 0 Å². The fraction of sp³-hybridized carbons (Fsp3) is 1.00. The third-order valence-electron chi connectivity index (χ3n) is 0.167. The van der Waals surface area contributed by atoms with Gasteiger partial charge in [0.15, 0.2) is 0 Å². The van der Waals surface area contributed by atoms with Crippen molar-refractivity contribution >= 4 is 11.3 Å². The van der Waals surface area contributed by atoms with Crippen LogP contribution in [0.4, 0.5) is 0 Å². The molecule has 0 saturated carbocycles. The van der Waals surface area contributed by atoms with Crippen LogP contribution < -0.4 is 4.72 Å². The zero-order chi connectivity index (χ0) is 6.28. The smallest absolute Gasteiger partial charge is 0.0178 e. The third kappa shape index (κ3) is 23.5. The molecular formula is C3H10NO2S-. The zero-order valence-electron chi connectivity index (χ0n) is 4.72. The molecule has 1 atom stereocenters. The number of nitrogens with one attached hydrogen (secondary N) is 1. The Labute approximate surface area is 46.5 Å². The van der Waals surface area contributed by atoms with Gasteiger partial charge >= 0.3 is 0 Å². The standard InChI is InChI=1S/C2H6.CH5NO2S/c1-2;1-2-5(3)4/h1-2H3;2H,1H3,(H,3,4)/p-1. The lowest BCUT2D eigenvalue weighted by molar-refractivity contribution is 0.529. The fourth-order valence-corrected chi connectivity index (χ4v) is 0. The Hall–Kier alpha value is 0.0700. The fourth-order valence-electron chi connectivity index (χ4n) is 0. The molecule has 0 aliphatic heterocycles. The predicted octanol–water partition coefficient (Wildman–Crippen LogP) is 0.0261. The first-order chi connectivity index (χ1) is 3.27. The first-order valence-corrected chi connectivity index (χ1v) is 3.11. The quantitative estimate of drug-likeness (QED) is 0.501. The topological polar surface area (TPSA) is 52.2 Å². The Balaban J connectivity index is 0. The molecule has 0 saturated heterocycles. The van der Waals surface area contributed by atoms with Crippen LogP contribution in [0.1, 0.15) is 13.8 Å². The lowest BCUT2D eigenvalue weighted by Gasteiger charge is -1.95. The summed E-state index contributed by atoms with van der Waals surface area (Å²) < 4.78 is 20.5. The van der Waals surface area contributed by atoms with Crippen LogP contribution in [0.5, 0.6) is 0 Å². The van der Waals surface area contributed by atoms with Crippen LogP contribution in [-0.2, 0) is 11.3 Å². The van der Waals surface area contributed by atoms with Gasteiger partial charge in [-0.2, -0.15) is 0 Å². The molecule has 0 aromatic heterocycles. The van der Waals surface area contributed by atoms with Crippen molar-refractivity contribution in [1.29, 1.82) is 0 Å². The number of hydrogen-bond acceptors (Lipinski definition) is 2. The maximum atomic E-state index is 9.26. The summed E-state index contributed by atoms with van der Waals surface area (Å²) in [5.41, 5.74) is 0. The summed E-state index contributed by atoms with van der Waals surface area (Å²) in [6, 6.07) is 0. The minimum atomic E-state index is -2.07. The average Bonchev–Trinajstić information content (AvgIpc) is 1.73. The first kappa shape index (κ1) is 10.1. The second-order valence-electron chi connectivity index (χ2n) is 0.439. The van der Waals surface area contributed by atoms with E-state index in [1.54, 1.807) is 0 Å². The van der Waals surface area contributed by atoms with Crippen molar-refractivity contribution < 1.29 is 8.76 Å². The van der Waals surface area contributed by atoms with Gasteiger partial charge < -0.3 is 4.55 Å². The van der Waals surface area contributed by atoms with Crippen molar-refractivity contribution in [1.82, 2.24) is 4.72 Å². The van der Waals surface area contributed by atoms with Crippen LogP contribution in [0.2, 0.25) is 0 Å². The summed E-state index contributed by atoms with van der Waals surface area (Å²) in [6.45, 7) is 4.00. The molecule has 4 heteroatoms. The average molecular weight is 124 g/mol. The van der Waals surface area contributed by atoms with E-state index in [-0.39, 0.29) is 0 Å². The van der Waals surface area contributed by atoms with E-state index in [4.69, 9.17) is 0 Å². The Morgan fingerprint density at radius 1 is 1.57 bits per heavy atom. The van der Waals surface area contributed by atoms with E-state index in [1.165, 1.54) is 7.05 Å². The Morgan fingerprint density at radius 2 is 1.71 bits per heavy atom. The van der Waals surface area contributed by atoms with Crippen molar-refractivity contribution in [2.24, 2.45) is 0 Å². The van der Waals surface area contributed by atoms with E-state index in [0.29, 0.717) is 0 Å². The molecular weight excluding hydrogens is 114 g/mol. The highest BCUT2D eigenvalue weighted by atomic mass is 32.2. The van der Waals surface area contributed by atoms with Gasteiger partial charge in [-0.25, -0.2) is 0 Å². The van der Waals surface area contributed by atoms with E-state index in [2.05, 4.69) is 0 Å². The summed E-state index contributed by atoms with van der Waals surface area (Å²) in [5.74, 6) is 0. The largest absolute Gasteiger partial charge is 0.760 e. The second kappa shape index (κ2) is 9.42. The maximum absolute atomic E-state index is 9.26. The highest BCUT2D eigenvalue weighted by molar-refractivity contribution is 7.77. The van der Waals surface area contributed by atoms with Crippen LogP contribution in [0.25, 0.3) is 0 Å². The molecule has 0 rings (SSSR count). The van der Waals surface area contributed by atoms with Gasteiger partial charge in [0.05, 0.1) is 0 Å². The van der Waals surface area contributed by atoms with Gasteiger partial charge in [-0.05, 0) is 7.05 Å². The molecule has 0 aromatic rings. The number of hydrogen-bond donors (Lipinski definition) is 1. The highest BCUT2D eigenvalue weighted by Gasteiger charge is 1.57. The molecule has 0 fully saturated rings. The highest BCUT2D eigenvalue weighted by Crippen LogP contribution is 1.47. The van der Waals surface area contributed by atoms with Gasteiger partial charge in [0.25, 0.3) is 0 Å². The Kier molecular flexibility index (Phi) is 13.6. The molecule has 1 N–H and O–H groups in total. The molecule has 0 aromatic carbocycles. The van der Waals surface area contributed by atoms with Crippen molar-refractivity contribution in [3.63, 3.8) is 0 Å². The van der Waals surface area contributed by atoms with Crippen LogP contribution in [0.3, 0.4) is 0 Å². The van der Waals surface area contributed by atoms with E-state index < -0.39 is 11.3 Å². The monoisotopic (exact) mass is 124 g/mol. The summed E-state index contributed by atoms with van der Waals surface area (Å²) in [6.07, 6.45) is 0. The van der Waals surface area contributed by atoms with E-state index in [1.807, 2.05) is 18.6 Å². The van der Waals surface area contributed by atoms with Gasteiger partial charge in [0, 0.05) is 11.3 Å². The van der Waals surface area contributed by atoms with Crippen molar-refractivity contribution in [3.8, 4) is 0 Å². The normalized spacial score (nSPS) is 11.4. The summed E-state index contributed by atoms with van der Waals surface area (Å²) in [7, 11) is 1.34. The van der Waals surface area contributed by atoms with Crippen LogP contribution in [0, 0.1) is 0 Å². The number of rotatable bonds is 1. The summed E-state index contributed by atoms with van der Waals surface area (Å²) >= 11 is -2.07. The molecule has 3 nitrogen and oxygen atoms in total. The second-order valence-corrected chi connectivity index (χ2v) is 1.32. The molecule has 0 aliphatic rings. The van der Waals surface area contributed by atoms with E-state index in [9.17, 15) is 8.76 Å². The predicted molar refractivity (Wildman–Crippen MR) is 29.3 cm³/mol. The lowest BCUT2D eigenvalue weighted by atomic mass is 11.0. The van der Waals surface area contributed by atoms with Crippen molar-refractivity contribution in [2.75, 3.05) is 7.05 Å². The zero-order valence-corrected chi connectivity index (χ0v) is 5.54. The van der Waals surface area contributed by atoms with Crippen LogP contribution in [-0.4, -0.2) is 15.8 Å². The van der Waals surface area contributed by atoms with Gasteiger partial charge in [-0.15, -0.1) is 0 Å². The maximum Gasteiger partial charge on any atom is 0.0178 e. The van der Waals surface area contributed by atoms with Gasteiger partial charge in [0.2, 0.25) is 0 Å². The SMILES string of the molecule is CC.CNS(=O)[O-]. The Morgan fingerprint density at radius 3 is 1.71 bits per heavy atom. The van der Waals surface area contributed by atoms with Crippen LogP contribution in [0.15, 0.2) is 0 Å². The first-order valence-electron chi connectivity index (χ1n) is 2.04. The molecule has 0 heterocycles. The minimum absolute atomic E-state index is 1.34. The molecule has 46 valence electrons. The molecule has 0 aliphatic carbocycles. The third-order valence-corrected chi connectivity index (χ3v) is 0.500. The van der Waals surface area contributed by atoms with Crippen LogP contribution >= 0.6 is 0 Å². The van der Waals surface area contributed by atoms with Gasteiger partial charge in [-0.3, -0.25) is 8.93 Å². The van der Waals surface area contributed by atoms with Gasteiger partial charge in [-0.1, -0.05) is 13.8 Å². The molecule has 1 unspecified atom stereocenters.